The first-order valence-corrected chi connectivity index (χ1v) is 10.8. The number of carbonyl (C=O) groups is 1. The van der Waals surface area contributed by atoms with Crippen LogP contribution in [0.3, 0.4) is 0 Å². The molecule has 0 bridgehead atoms. The molecular weight excluding hydrogens is 437 g/mol. The van der Waals surface area contributed by atoms with E-state index in [2.05, 4.69) is 20.1 Å². The normalized spacial score (nSPS) is 14.6. The lowest BCUT2D eigenvalue weighted by Crippen LogP contribution is -2.35. The second-order valence-corrected chi connectivity index (χ2v) is 8.08. The molecule has 166 valence electrons. The van der Waals surface area contributed by atoms with Gasteiger partial charge < -0.3 is 19.4 Å². The topological polar surface area (TPSA) is 81.5 Å². The average molecular weight is 458 g/mol. The Morgan fingerprint density at radius 3 is 2.88 bits per heavy atom. The van der Waals surface area contributed by atoms with Crippen LogP contribution < -0.4 is 19.7 Å². The zero-order chi connectivity index (χ0) is 22.1. The van der Waals surface area contributed by atoms with Gasteiger partial charge in [-0.1, -0.05) is 18.0 Å². The van der Waals surface area contributed by atoms with Gasteiger partial charge in [0.1, 0.15) is 11.6 Å². The maximum absolute atomic E-state index is 13.5. The lowest BCUT2D eigenvalue weighted by atomic mass is 10.2. The molecule has 3 aromatic rings. The first-order valence-electron chi connectivity index (χ1n) is 10.4. The predicted octanol–water partition coefficient (Wildman–Crippen LogP) is 4.76. The number of ether oxygens (including phenoxy) is 2. The molecule has 2 aliphatic heterocycles. The number of anilines is 2. The van der Waals surface area contributed by atoms with Gasteiger partial charge in [-0.2, -0.15) is 0 Å². The fraction of sp³-hybridized carbons (Fsp3) is 0.318. The van der Waals surface area contributed by atoms with Crippen molar-refractivity contribution in [1.82, 2.24) is 14.8 Å². The molecule has 0 unspecified atom stereocenters. The molecule has 8 nitrogen and oxygen atoms in total. The van der Waals surface area contributed by atoms with E-state index >= 15 is 0 Å². The van der Waals surface area contributed by atoms with Gasteiger partial charge in [-0.25, -0.2) is 9.18 Å². The largest absolute Gasteiger partial charge is 0.454 e. The number of urea groups is 1. The van der Waals surface area contributed by atoms with Crippen molar-refractivity contribution < 1.29 is 18.7 Å². The molecule has 32 heavy (non-hydrogen) atoms. The number of halogens is 2. The number of amides is 2. The third kappa shape index (κ3) is 4.08. The van der Waals surface area contributed by atoms with E-state index in [9.17, 15) is 9.18 Å². The predicted molar refractivity (Wildman–Crippen MR) is 117 cm³/mol. The molecule has 0 aliphatic carbocycles. The van der Waals surface area contributed by atoms with E-state index in [0.29, 0.717) is 28.7 Å². The molecule has 10 heteroatoms. The lowest BCUT2D eigenvalue weighted by molar-refractivity contribution is 0.174. The minimum absolute atomic E-state index is 0.0693. The number of hydrogen-bond donors (Lipinski definition) is 1. The zero-order valence-electron chi connectivity index (χ0n) is 17.2. The summed E-state index contributed by atoms with van der Waals surface area (Å²) in [6.45, 7) is 1.16. The summed E-state index contributed by atoms with van der Waals surface area (Å²) in [6.07, 6.45) is 4.13. The minimum Gasteiger partial charge on any atom is -0.454 e. The Morgan fingerprint density at radius 1 is 1.12 bits per heavy atom. The number of nitrogens with one attached hydrogen (secondary N) is 1. The Morgan fingerprint density at radius 2 is 2.00 bits per heavy atom. The van der Waals surface area contributed by atoms with Crippen molar-refractivity contribution in [1.29, 1.82) is 0 Å². The maximum atomic E-state index is 13.5. The molecule has 3 heterocycles. The molecule has 0 atom stereocenters. The highest BCUT2D eigenvalue weighted by atomic mass is 35.5. The Bertz CT molecular complexity index is 1170. The number of rotatable bonds is 4. The molecule has 1 N–H and O–H groups in total. The van der Waals surface area contributed by atoms with Gasteiger partial charge in [0.2, 0.25) is 6.79 Å². The van der Waals surface area contributed by atoms with Crippen LogP contribution in [0.15, 0.2) is 36.4 Å². The first kappa shape index (κ1) is 20.6. The third-order valence-corrected chi connectivity index (χ3v) is 5.86. The summed E-state index contributed by atoms with van der Waals surface area (Å²) in [5, 5.41) is 11.4. The van der Waals surface area contributed by atoms with Gasteiger partial charge in [0.25, 0.3) is 0 Å². The summed E-state index contributed by atoms with van der Waals surface area (Å²) in [7, 11) is 0. The molecule has 2 aromatic carbocycles. The van der Waals surface area contributed by atoms with Crippen LogP contribution in [-0.2, 0) is 19.5 Å². The Labute approximate surface area is 188 Å². The standard InChI is InChI=1S/C22H21ClFN5O3/c23-16-10-14(5-7-17(16)24)25-22(30)29(15-6-8-18-19(11-15)32-13-31-18)12-21-27-26-20-4-2-1-3-9-28(20)21/h5-8,10-11H,1-4,9,12-13H2,(H,25,30). The molecular formula is C22H21ClFN5O3. The highest BCUT2D eigenvalue weighted by Gasteiger charge is 2.24. The van der Waals surface area contributed by atoms with E-state index in [1.807, 2.05) is 0 Å². The van der Waals surface area contributed by atoms with E-state index in [-0.39, 0.29) is 18.4 Å². The summed E-state index contributed by atoms with van der Waals surface area (Å²) in [4.78, 5) is 14.9. The zero-order valence-corrected chi connectivity index (χ0v) is 17.9. The van der Waals surface area contributed by atoms with Crippen molar-refractivity contribution >= 4 is 29.0 Å². The lowest BCUT2D eigenvalue weighted by Gasteiger charge is -2.23. The van der Waals surface area contributed by atoms with Crippen LogP contribution in [0.1, 0.15) is 30.9 Å². The molecule has 0 radical (unpaired) electrons. The quantitative estimate of drug-likeness (QED) is 0.610. The third-order valence-electron chi connectivity index (χ3n) is 5.57. The number of carbonyl (C=O) groups excluding carboxylic acids is 1. The second kappa shape index (κ2) is 8.66. The fourth-order valence-electron chi connectivity index (χ4n) is 3.90. The minimum atomic E-state index is -0.552. The Kier molecular flexibility index (Phi) is 5.57. The first-order chi connectivity index (χ1) is 15.6. The van der Waals surface area contributed by atoms with Crippen molar-refractivity contribution in [2.24, 2.45) is 0 Å². The number of aromatic nitrogens is 3. The molecule has 0 spiro atoms. The van der Waals surface area contributed by atoms with Crippen molar-refractivity contribution in [3.63, 3.8) is 0 Å². The van der Waals surface area contributed by atoms with Crippen LogP contribution in [0.5, 0.6) is 11.5 Å². The molecule has 0 saturated carbocycles. The maximum Gasteiger partial charge on any atom is 0.326 e. The number of nitrogens with zero attached hydrogens (tertiary/aromatic N) is 4. The van der Waals surface area contributed by atoms with E-state index in [1.54, 1.807) is 23.1 Å². The highest BCUT2D eigenvalue weighted by molar-refractivity contribution is 6.31. The van der Waals surface area contributed by atoms with Crippen LogP contribution in [0.25, 0.3) is 0 Å². The smallest absolute Gasteiger partial charge is 0.326 e. The summed E-state index contributed by atoms with van der Waals surface area (Å²) in [6, 6.07) is 8.91. The van der Waals surface area contributed by atoms with Gasteiger partial charge >= 0.3 is 6.03 Å². The van der Waals surface area contributed by atoms with Gasteiger partial charge in [-0.3, -0.25) is 4.90 Å². The van der Waals surface area contributed by atoms with Crippen LogP contribution in [-0.4, -0.2) is 27.6 Å². The van der Waals surface area contributed by atoms with E-state index in [1.165, 1.54) is 18.2 Å². The number of fused-ring (bicyclic) bond motifs is 2. The van der Waals surface area contributed by atoms with E-state index < -0.39 is 11.8 Å². The second-order valence-electron chi connectivity index (χ2n) is 7.68. The highest BCUT2D eigenvalue weighted by Crippen LogP contribution is 2.36. The number of aryl methyl sites for hydroxylation is 1. The van der Waals surface area contributed by atoms with E-state index in [4.69, 9.17) is 21.1 Å². The molecule has 0 saturated heterocycles. The van der Waals surface area contributed by atoms with Crippen LogP contribution in [0, 0.1) is 5.82 Å². The molecule has 1 aromatic heterocycles. The van der Waals surface area contributed by atoms with E-state index in [0.717, 1.165) is 38.1 Å². The van der Waals surface area contributed by atoms with Crippen molar-refractivity contribution in [2.45, 2.75) is 38.8 Å². The van der Waals surface area contributed by atoms with Gasteiger partial charge in [0.15, 0.2) is 17.3 Å². The molecule has 2 amide bonds. The summed E-state index contributed by atoms with van der Waals surface area (Å²) in [5.74, 6) is 2.27. The van der Waals surface area contributed by atoms with Gasteiger partial charge in [0, 0.05) is 30.4 Å². The SMILES string of the molecule is O=C(Nc1ccc(F)c(Cl)c1)N(Cc1nnc2n1CCCCC2)c1ccc2c(c1)OCO2. The molecule has 2 aliphatic rings. The number of hydrogen-bond acceptors (Lipinski definition) is 5. The van der Waals surface area contributed by atoms with Crippen molar-refractivity contribution in [2.75, 3.05) is 17.0 Å². The van der Waals surface area contributed by atoms with Crippen LogP contribution >= 0.6 is 11.6 Å². The van der Waals surface area contributed by atoms with Crippen molar-refractivity contribution in [3.05, 3.63) is 58.9 Å². The van der Waals surface area contributed by atoms with Gasteiger partial charge in [0.05, 0.1) is 11.6 Å². The van der Waals surface area contributed by atoms with Gasteiger partial charge in [-0.15, -0.1) is 10.2 Å². The Balaban J connectivity index is 1.47. The number of benzene rings is 2. The van der Waals surface area contributed by atoms with Crippen molar-refractivity contribution in [3.8, 4) is 11.5 Å². The van der Waals surface area contributed by atoms with Gasteiger partial charge in [-0.05, 0) is 43.2 Å². The van der Waals surface area contributed by atoms with Crippen LogP contribution in [0.4, 0.5) is 20.6 Å². The fourth-order valence-corrected chi connectivity index (χ4v) is 4.08. The average Bonchev–Trinajstić information content (AvgIpc) is 3.34. The molecule has 0 fully saturated rings. The summed E-state index contributed by atoms with van der Waals surface area (Å²) in [5.41, 5.74) is 0.984. The van der Waals surface area contributed by atoms with Crippen LogP contribution in [0.2, 0.25) is 5.02 Å². The summed E-state index contributed by atoms with van der Waals surface area (Å²) < 4.78 is 26.5. The monoisotopic (exact) mass is 457 g/mol. The Hall–Kier alpha value is -3.33. The summed E-state index contributed by atoms with van der Waals surface area (Å²) >= 11 is 5.88. The molecule has 5 rings (SSSR count).